The second-order valence-electron chi connectivity index (χ2n) is 6.36. The Hall–Kier alpha value is -1.07. The maximum Gasteiger partial charge on any atom is 0.125 e. The van der Waals surface area contributed by atoms with Crippen LogP contribution in [0.15, 0.2) is 46.9 Å². The van der Waals surface area contributed by atoms with Gasteiger partial charge in [0.15, 0.2) is 0 Å². The van der Waals surface area contributed by atoms with Gasteiger partial charge < -0.3 is 14.7 Å². The molecule has 0 spiro atoms. The largest absolute Gasteiger partial charge is 0.489 e. The number of hydrogen-bond donors (Lipinski definition) is 1. The lowest BCUT2D eigenvalue weighted by atomic mass is 10.1. The van der Waals surface area contributed by atoms with Crippen molar-refractivity contribution in [3.8, 4) is 5.75 Å². The highest BCUT2D eigenvalue weighted by molar-refractivity contribution is 9.10. The smallest absolute Gasteiger partial charge is 0.125 e. The topological polar surface area (TPSA) is 32.7 Å². The van der Waals surface area contributed by atoms with E-state index in [-0.39, 0.29) is 0 Å². The number of unbranched alkanes of at least 4 members (excludes halogenated alkanes) is 1. The SMILES string of the molecule is CCCCN(CC)CC(O)c1cc(Br)ccc1OCc1ccc(Cl)cc1. The van der Waals surface area contributed by atoms with Gasteiger partial charge in [-0.15, -0.1) is 0 Å². The van der Waals surface area contributed by atoms with Crippen LogP contribution in [-0.4, -0.2) is 29.6 Å². The molecule has 0 radical (unpaired) electrons. The maximum absolute atomic E-state index is 10.8. The molecule has 0 aliphatic rings. The highest BCUT2D eigenvalue weighted by atomic mass is 79.9. The summed E-state index contributed by atoms with van der Waals surface area (Å²) in [6.07, 6.45) is 1.70. The van der Waals surface area contributed by atoms with Crippen LogP contribution < -0.4 is 4.74 Å². The second-order valence-corrected chi connectivity index (χ2v) is 7.71. The Balaban J connectivity index is 2.08. The van der Waals surface area contributed by atoms with Gasteiger partial charge in [0, 0.05) is 21.6 Å². The van der Waals surface area contributed by atoms with Crippen molar-refractivity contribution in [1.82, 2.24) is 4.90 Å². The summed E-state index contributed by atoms with van der Waals surface area (Å²) in [7, 11) is 0. The second kappa shape index (κ2) is 10.9. The van der Waals surface area contributed by atoms with Gasteiger partial charge >= 0.3 is 0 Å². The molecule has 0 saturated heterocycles. The molecule has 5 heteroatoms. The van der Waals surface area contributed by atoms with Gasteiger partial charge in [-0.1, -0.05) is 59.9 Å². The average Bonchev–Trinajstić information content (AvgIpc) is 2.65. The minimum absolute atomic E-state index is 0.436. The fraction of sp³-hybridized carbons (Fsp3) is 0.429. The minimum Gasteiger partial charge on any atom is -0.489 e. The summed E-state index contributed by atoms with van der Waals surface area (Å²) >= 11 is 9.43. The van der Waals surface area contributed by atoms with E-state index >= 15 is 0 Å². The summed E-state index contributed by atoms with van der Waals surface area (Å²) in [5.74, 6) is 0.710. The predicted octanol–water partition coefficient (Wildman–Crippen LogP) is 5.84. The number of aliphatic hydroxyl groups is 1. The first kappa shape index (κ1) is 21.2. The van der Waals surface area contributed by atoms with Crippen LogP contribution in [0, 0.1) is 0 Å². The van der Waals surface area contributed by atoms with Gasteiger partial charge in [-0.05, 0) is 55.4 Å². The molecule has 0 heterocycles. The monoisotopic (exact) mass is 439 g/mol. The van der Waals surface area contributed by atoms with Crippen LogP contribution in [0.4, 0.5) is 0 Å². The van der Waals surface area contributed by atoms with E-state index in [2.05, 4.69) is 34.7 Å². The number of nitrogens with zero attached hydrogens (tertiary/aromatic N) is 1. The Morgan fingerprint density at radius 1 is 1.15 bits per heavy atom. The van der Waals surface area contributed by atoms with E-state index in [0.29, 0.717) is 23.9 Å². The molecule has 3 nitrogen and oxygen atoms in total. The molecule has 2 aromatic rings. The average molecular weight is 441 g/mol. The van der Waals surface area contributed by atoms with Gasteiger partial charge in [0.25, 0.3) is 0 Å². The first-order chi connectivity index (χ1) is 12.5. The predicted molar refractivity (Wildman–Crippen MR) is 112 cm³/mol. The van der Waals surface area contributed by atoms with Crippen molar-refractivity contribution in [2.45, 2.75) is 39.4 Å². The Kier molecular flexibility index (Phi) is 8.93. The zero-order chi connectivity index (χ0) is 18.9. The van der Waals surface area contributed by atoms with Crippen molar-refractivity contribution >= 4 is 27.5 Å². The van der Waals surface area contributed by atoms with Crippen LogP contribution in [-0.2, 0) is 6.61 Å². The number of benzene rings is 2. The van der Waals surface area contributed by atoms with E-state index in [1.54, 1.807) is 0 Å². The van der Waals surface area contributed by atoms with Crippen molar-refractivity contribution < 1.29 is 9.84 Å². The molecule has 0 aliphatic carbocycles. The minimum atomic E-state index is -0.593. The van der Waals surface area contributed by atoms with Gasteiger partial charge in [0.05, 0.1) is 6.10 Å². The van der Waals surface area contributed by atoms with E-state index in [1.807, 2.05) is 42.5 Å². The third-order valence-electron chi connectivity index (χ3n) is 4.34. The Morgan fingerprint density at radius 2 is 1.88 bits per heavy atom. The van der Waals surface area contributed by atoms with Crippen molar-refractivity contribution in [3.05, 3.63) is 63.1 Å². The summed E-state index contributed by atoms with van der Waals surface area (Å²) in [5.41, 5.74) is 1.85. The Morgan fingerprint density at radius 3 is 2.54 bits per heavy atom. The van der Waals surface area contributed by atoms with Crippen molar-refractivity contribution in [3.63, 3.8) is 0 Å². The molecule has 26 heavy (non-hydrogen) atoms. The molecular formula is C21H27BrClNO2. The summed E-state index contributed by atoms with van der Waals surface area (Å²) in [6.45, 7) is 7.27. The molecule has 1 N–H and O–H groups in total. The molecule has 0 amide bonds. The molecule has 0 aliphatic heterocycles. The lowest BCUT2D eigenvalue weighted by Gasteiger charge is -2.25. The Labute approximate surface area is 170 Å². The summed E-state index contributed by atoms with van der Waals surface area (Å²) in [5, 5.41) is 11.5. The molecule has 0 bridgehead atoms. The first-order valence-corrected chi connectivity index (χ1v) is 10.3. The van der Waals surface area contributed by atoms with Gasteiger partial charge in [0.1, 0.15) is 12.4 Å². The van der Waals surface area contributed by atoms with Crippen LogP contribution >= 0.6 is 27.5 Å². The molecule has 1 unspecified atom stereocenters. The van der Waals surface area contributed by atoms with Crippen molar-refractivity contribution in [2.24, 2.45) is 0 Å². The van der Waals surface area contributed by atoms with Crippen LogP contribution in [0.5, 0.6) is 5.75 Å². The molecule has 142 valence electrons. The van der Waals surface area contributed by atoms with Crippen molar-refractivity contribution in [2.75, 3.05) is 19.6 Å². The molecule has 0 fully saturated rings. The molecular weight excluding hydrogens is 414 g/mol. The third-order valence-corrected chi connectivity index (χ3v) is 5.09. The van der Waals surface area contributed by atoms with Crippen LogP contribution in [0.3, 0.4) is 0 Å². The number of ether oxygens (including phenoxy) is 1. The molecule has 0 aromatic heterocycles. The van der Waals surface area contributed by atoms with Gasteiger partial charge in [-0.2, -0.15) is 0 Å². The van der Waals surface area contributed by atoms with E-state index < -0.39 is 6.10 Å². The number of hydrogen-bond acceptors (Lipinski definition) is 3. The third kappa shape index (κ3) is 6.58. The lowest BCUT2D eigenvalue weighted by Crippen LogP contribution is -2.29. The van der Waals surface area contributed by atoms with E-state index in [0.717, 1.165) is 41.5 Å². The summed E-state index contributed by atoms with van der Waals surface area (Å²) in [4.78, 5) is 2.28. The zero-order valence-corrected chi connectivity index (χ0v) is 17.8. The molecule has 0 saturated carbocycles. The van der Waals surface area contributed by atoms with Gasteiger partial charge in [0.2, 0.25) is 0 Å². The number of rotatable bonds is 10. The quantitative estimate of drug-likeness (QED) is 0.504. The van der Waals surface area contributed by atoms with E-state index in [4.69, 9.17) is 16.3 Å². The number of likely N-dealkylation sites (N-methyl/N-ethyl adjacent to an activating group) is 1. The highest BCUT2D eigenvalue weighted by Gasteiger charge is 2.17. The first-order valence-electron chi connectivity index (χ1n) is 9.10. The summed E-state index contributed by atoms with van der Waals surface area (Å²) in [6, 6.07) is 13.4. The number of aliphatic hydroxyl groups excluding tert-OH is 1. The molecule has 1 atom stereocenters. The van der Waals surface area contributed by atoms with E-state index in [1.165, 1.54) is 0 Å². The Bertz CT molecular complexity index is 678. The number of halogens is 2. The van der Waals surface area contributed by atoms with Crippen LogP contribution in [0.2, 0.25) is 5.02 Å². The normalized spacial score (nSPS) is 12.4. The van der Waals surface area contributed by atoms with Gasteiger partial charge in [-0.25, -0.2) is 0 Å². The maximum atomic E-state index is 10.8. The van der Waals surface area contributed by atoms with E-state index in [9.17, 15) is 5.11 Å². The standard InChI is InChI=1S/C21H27BrClNO2/c1-3-5-12-24(4-2)14-20(25)19-13-17(22)8-11-21(19)26-15-16-6-9-18(23)10-7-16/h6-11,13,20,25H,3-5,12,14-15H2,1-2H3. The van der Waals surface area contributed by atoms with Crippen molar-refractivity contribution in [1.29, 1.82) is 0 Å². The molecule has 2 rings (SSSR count). The molecule has 2 aromatic carbocycles. The van der Waals surface area contributed by atoms with Crippen LogP contribution in [0.1, 0.15) is 43.9 Å². The fourth-order valence-electron chi connectivity index (χ4n) is 2.76. The van der Waals surface area contributed by atoms with Crippen LogP contribution in [0.25, 0.3) is 0 Å². The fourth-order valence-corrected chi connectivity index (χ4v) is 3.26. The zero-order valence-electron chi connectivity index (χ0n) is 15.4. The lowest BCUT2D eigenvalue weighted by molar-refractivity contribution is 0.111. The van der Waals surface area contributed by atoms with Gasteiger partial charge in [-0.3, -0.25) is 0 Å². The highest BCUT2D eigenvalue weighted by Crippen LogP contribution is 2.30. The summed E-state index contributed by atoms with van der Waals surface area (Å²) < 4.78 is 6.93.